The van der Waals surface area contributed by atoms with Gasteiger partial charge in [-0.15, -0.1) is 0 Å². The molecule has 0 atom stereocenters. The van der Waals surface area contributed by atoms with Crippen LogP contribution in [0.2, 0.25) is 0 Å². The summed E-state index contributed by atoms with van der Waals surface area (Å²) in [6.07, 6.45) is 0.888. The van der Waals surface area contributed by atoms with Crippen LogP contribution in [-0.2, 0) is 0 Å². The molecule has 7 nitrogen and oxygen atoms in total. The van der Waals surface area contributed by atoms with Crippen molar-refractivity contribution in [3.05, 3.63) is 58.0 Å². The summed E-state index contributed by atoms with van der Waals surface area (Å²) in [5, 5.41) is 13.0. The van der Waals surface area contributed by atoms with Crippen LogP contribution in [0, 0.1) is 15.9 Å². The number of nitrogens with one attached hydrogen (secondary N) is 1. The number of rotatable bonds is 3. The van der Waals surface area contributed by atoms with E-state index in [9.17, 15) is 19.3 Å². The highest BCUT2D eigenvalue weighted by Gasteiger charge is 2.14. The highest BCUT2D eigenvalue weighted by atomic mass is 19.1. The second-order valence-corrected chi connectivity index (χ2v) is 3.85. The van der Waals surface area contributed by atoms with Gasteiger partial charge in [-0.05, 0) is 12.1 Å². The Bertz CT molecular complexity index is 690. The number of nitrogen functional groups attached to an aromatic ring is 1. The highest BCUT2D eigenvalue weighted by Crippen LogP contribution is 2.19. The van der Waals surface area contributed by atoms with E-state index in [1.807, 2.05) is 0 Å². The fourth-order valence-electron chi connectivity index (χ4n) is 1.53. The minimum absolute atomic E-state index is 0.130. The molecule has 0 aliphatic rings. The van der Waals surface area contributed by atoms with Crippen molar-refractivity contribution >= 4 is 23.1 Å². The van der Waals surface area contributed by atoms with Crippen molar-refractivity contribution in [2.45, 2.75) is 0 Å². The number of amides is 1. The van der Waals surface area contributed by atoms with Crippen LogP contribution in [0.15, 0.2) is 36.5 Å². The van der Waals surface area contributed by atoms with Gasteiger partial charge in [-0.25, -0.2) is 9.37 Å². The number of carbonyl (C=O) groups excluding carboxylic acids is 1. The first-order valence-electron chi connectivity index (χ1n) is 5.44. The first-order chi connectivity index (χ1) is 9.47. The average Bonchev–Trinajstić information content (AvgIpc) is 2.41. The van der Waals surface area contributed by atoms with Crippen molar-refractivity contribution in [2.24, 2.45) is 0 Å². The Morgan fingerprint density at radius 3 is 2.85 bits per heavy atom. The topological polar surface area (TPSA) is 111 Å². The SMILES string of the molecule is Nc1ncc(F)cc1C(=O)Nc1cccc([N+](=O)[O-])c1. The molecule has 102 valence electrons. The molecular weight excluding hydrogens is 267 g/mol. The van der Waals surface area contributed by atoms with Gasteiger partial charge < -0.3 is 11.1 Å². The number of hydrogen-bond acceptors (Lipinski definition) is 5. The second-order valence-electron chi connectivity index (χ2n) is 3.85. The van der Waals surface area contributed by atoms with Gasteiger partial charge in [0.25, 0.3) is 11.6 Å². The normalized spacial score (nSPS) is 10.1. The van der Waals surface area contributed by atoms with Gasteiger partial charge in [0.1, 0.15) is 11.6 Å². The van der Waals surface area contributed by atoms with Crippen LogP contribution in [0.4, 0.5) is 21.6 Å². The molecule has 0 saturated heterocycles. The van der Waals surface area contributed by atoms with E-state index < -0.39 is 16.6 Å². The molecule has 1 heterocycles. The van der Waals surface area contributed by atoms with Crippen LogP contribution in [0.1, 0.15) is 10.4 Å². The standard InChI is InChI=1S/C12H9FN4O3/c13-7-4-10(11(14)15-6-7)12(18)16-8-2-1-3-9(5-8)17(19)20/h1-6H,(H2,14,15)(H,16,18). The van der Waals surface area contributed by atoms with Gasteiger partial charge in [0.2, 0.25) is 0 Å². The lowest BCUT2D eigenvalue weighted by atomic mass is 10.2. The molecule has 2 rings (SSSR count). The molecule has 0 bridgehead atoms. The Morgan fingerprint density at radius 1 is 1.40 bits per heavy atom. The van der Waals surface area contributed by atoms with Gasteiger partial charge in [-0.3, -0.25) is 14.9 Å². The first-order valence-corrected chi connectivity index (χ1v) is 5.44. The van der Waals surface area contributed by atoms with Crippen molar-refractivity contribution in [1.82, 2.24) is 4.98 Å². The lowest BCUT2D eigenvalue weighted by molar-refractivity contribution is -0.384. The van der Waals surface area contributed by atoms with Crippen LogP contribution in [0.25, 0.3) is 0 Å². The zero-order chi connectivity index (χ0) is 14.7. The van der Waals surface area contributed by atoms with Gasteiger partial charge in [0, 0.05) is 17.8 Å². The van der Waals surface area contributed by atoms with Gasteiger partial charge in [0.15, 0.2) is 0 Å². The summed E-state index contributed by atoms with van der Waals surface area (Å²) in [7, 11) is 0. The smallest absolute Gasteiger partial charge is 0.271 e. The highest BCUT2D eigenvalue weighted by molar-refractivity contribution is 6.07. The van der Waals surface area contributed by atoms with E-state index >= 15 is 0 Å². The Hall–Kier alpha value is -3.03. The maximum Gasteiger partial charge on any atom is 0.271 e. The van der Waals surface area contributed by atoms with Crippen LogP contribution in [0.3, 0.4) is 0 Å². The molecule has 0 aliphatic heterocycles. The lowest BCUT2D eigenvalue weighted by Gasteiger charge is -2.06. The molecule has 3 N–H and O–H groups in total. The maximum atomic E-state index is 13.0. The lowest BCUT2D eigenvalue weighted by Crippen LogP contribution is -2.15. The minimum Gasteiger partial charge on any atom is -0.383 e. The maximum absolute atomic E-state index is 13.0. The number of nitro groups is 1. The van der Waals surface area contributed by atoms with Gasteiger partial charge >= 0.3 is 0 Å². The number of pyridine rings is 1. The fraction of sp³-hybridized carbons (Fsp3) is 0. The van der Waals surface area contributed by atoms with E-state index in [2.05, 4.69) is 10.3 Å². The average molecular weight is 276 g/mol. The van der Waals surface area contributed by atoms with Crippen LogP contribution in [0.5, 0.6) is 0 Å². The second kappa shape index (κ2) is 5.31. The summed E-state index contributed by atoms with van der Waals surface area (Å²) in [5.41, 5.74) is 5.36. The Labute approximate surface area is 112 Å². The largest absolute Gasteiger partial charge is 0.383 e. The van der Waals surface area contributed by atoms with Crippen molar-refractivity contribution in [3.8, 4) is 0 Å². The molecule has 20 heavy (non-hydrogen) atoms. The third kappa shape index (κ3) is 2.86. The molecule has 1 amide bonds. The van der Waals surface area contributed by atoms with E-state index in [0.29, 0.717) is 0 Å². The van der Waals surface area contributed by atoms with Crippen molar-refractivity contribution in [2.75, 3.05) is 11.1 Å². The van der Waals surface area contributed by atoms with E-state index in [0.717, 1.165) is 12.3 Å². The molecule has 8 heteroatoms. The summed E-state index contributed by atoms with van der Waals surface area (Å²) in [4.78, 5) is 25.5. The van der Waals surface area contributed by atoms with Crippen LogP contribution >= 0.6 is 0 Å². The zero-order valence-corrected chi connectivity index (χ0v) is 10.0. The van der Waals surface area contributed by atoms with E-state index in [4.69, 9.17) is 5.73 Å². The number of anilines is 2. The summed E-state index contributed by atoms with van der Waals surface area (Å²) in [6.45, 7) is 0. The van der Waals surface area contributed by atoms with Crippen LogP contribution in [-0.4, -0.2) is 15.8 Å². The molecule has 0 aliphatic carbocycles. The van der Waals surface area contributed by atoms with Crippen molar-refractivity contribution < 1.29 is 14.1 Å². The number of aromatic nitrogens is 1. The molecule has 0 fully saturated rings. The molecular formula is C12H9FN4O3. The predicted octanol–water partition coefficient (Wildman–Crippen LogP) is 1.96. The first kappa shape index (κ1) is 13.4. The molecule has 0 unspecified atom stereocenters. The number of benzene rings is 1. The Morgan fingerprint density at radius 2 is 2.15 bits per heavy atom. The molecule has 1 aromatic carbocycles. The summed E-state index contributed by atoms with van der Waals surface area (Å²) < 4.78 is 13.0. The van der Waals surface area contributed by atoms with Crippen LogP contribution < -0.4 is 11.1 Å². The number of carbonyl (C=O) groups is 1. The Kier molecular flexibility index (Phi) is 3.56. The van der Waals surface area contributed by atoms with E-state index in [1.165, 1.54) is 24.3 Å². The third-order valence-corrected chi connectivity index (χ3v) is 2.44. The van der Waals surface area contributed by atoms with E-state index in [-0.39, 0.29) is 22.8 Å². The quantitative estimate of drug-likeness (QED) is 0.657. The number of hydrogen-bond donors (Lipinski definition) is 2. The number of nitrogens with two attached hydrogens (primary N) is 1. The predicted molar refractivity (Wildman–Crippen MR) is 69.7 cm³/mol. The molecule has 1 aromatic heterocycles. The monoisotopic (exact) mass is 276 g/mol. The number of halogens is 1. The third-order valence-electron chi connectivity index (χ3n) is 2.44. The minimum atomic E-state index is -0.705. The van der Waals surface area contributed by atoms with Gasteiger partial charge in [-0.2, -0.15) is 0 Å². The number of nitro benzene ring substituents is 1. The summed E-state index contributed by atoms with van der Waals surface area (Å²) >= 11 is 0. The molecule has 0 spiro atoms. The molecule has 2 aromatic rings. The molecule has 0 saturated carbocycles. The van der Waals surface area contributed by atoms with Gasteiger partial charge in [-0.1, -0.05) is 6.07 Å². The Balaban J connectivity index is 2.25. The summed E-state index contributed by atoms with van der Waals surface area (Å²) in [6, 6.07) is 6.29. The van der Waals surface area contributed by atoms with E-state index in [1.54, 1.807) is 0 Å². The van der Waals surface area contributed by atoms with Crippen molar-refractivity contribution in [3.63, 3.8) is 0 Å². The number of non-ortho nitro benzene ring substituents is 1. The molecule has 0 radical (unpaired) electrons. The fourth-order valence-corrected chi connectivity index (χ4v) is 1.53. The number of nitrogens with zero attached hydrogens (tertiary/aromatic N) is 2. The van der Waals surface area contributed by atoms with Gasteiger partial charge in [0.05, 0.1) is 16.7 Å². The zero-order valence-electron chi connectivity index (χ0n) is 10.0. The summed E-state index contributed by atoms with van der Waals surface area (Å²) in [5.74, 6) is -1.53. The van der Waals surface area contributed by atoms with Crippen molar-refractivity contribution in [1.29, 1.82) is 0 Å².